The Morgan fingerprint density at radius 1 is 1.40 bits per heavy atom. The third-order valence-electron chi connectivity index (χ3n) is 4.45. The predicted octanol–water partition coefficient (Wildman–Crippen LogP) is 0.418. The molecule has 1 fully saturated rings. The maximum Gasteiger partial charge on any atom is 0.414 e. The Hall–Kier alpha value is -2.61. The van der Waals surface area contributed by atoms with Crippen molar-refractivity contribution >= 4 is 29.3 Å². The minimum absolute atomic E-state index is 0.0389. The van der Waals surface area contributed by atoms with Crippen LogP contribution in [-0.2, 0) is 20.7 Å². The van der Waals surface area contributed by atoms with E-state index in [1.165, 1.54) is 11.8 Å². The van der Waals surface area contributed by atoms with Crippen molar-refractivity contribution in [1.29, 1.82) is 0 Å². The van der Waals surface area contributed by atoms with Gasteiger partial charge in [0.1, 0.15) is 12.7 Å². The van der Waals surface area contributed by atoms with Crippen LogP contribution >= 0.6 is 0 Å². The van der Waals surface area contributed by atoms with Crippen LogP contribution in [0.2, 0.25) is 0 Å². The maximum absolute atomic E-state index is 12.1. The SMILES string of the molecule is CC(=O)NC[C@H]1CN(c2ccc3c(c2)CC(C)N3C(=O)CO)C(=O)O1. The van der Waals surface area contributed by atoms with Crippen molar-refractivity contribution in [3.8, 4) is 0 Å². The summed E-state index contributed by atoms with van der Waals surface area (Å²) in [6.45, 7) is 3.43. The van der Waals surface area contributed by atoms with Crippen LogP contribution in [0, 0.1) is 0 Å². The largest absolute Gasteiger partial charge is 0.442 e. The lowest BCUT2D eigenvalue weighted by atomic mass is 10.1. The van der Waals surface area contributed by atoms with Crippen LogP contribution in [0.1, 0.15) is 19.4 Å². The van der Waals surface area contributed by atoms with E-state index in [2.05, 4.69) is 5.32 Å². The molecule has 2 heterocycles. The highest BCUT2D eigenvalue weighted by Crippen LogP contribution is 2.36. The number of cyclic esters (lactones) is 1. The molecule has 1 unspecified atom stereocenters. The van der Waals surface area contributed by atoms with Crippen LogP contribution in [0.25, 0.3) is 0 Å². The predicted molar refractivity (Wildman–Crippen MR) is 90.5 cm³/mol. The van der Waals surface area contributed by atoms with E-state index in [4.69, 9.17) is 9.84 Å². The van der Waals surface area contributed by atoms with E-state index in [-0.39, 0.29) is 24.4 Å². The molecule has 8 heteroatoms. The summed E-state index contributed by atoms with van der Waals surface area (Å²) in [6.07, 6.45) is -0.187. The number of hydrogen-bond donors (Lipinski definition) is 2. The van der Waals surface area contributed by atoms with Gasteiger partial charge in [-0.05, 0) is 37.1 Å². The van der Waals surface area contributed by atoms with Crippen LogP contribution in [0.5, 0.6) is 0 Å². The second-order valence-corrected chi connectivity index (χ2v) is 6.34. The van der Waals surface area contributed by atoms with E-state index < -0.39 is 18.8 Å². The fraction of sp³-hybridized carbons (Fsp3) is 0.471. The highest BCUT2D eigenvalue weighted by Gasteiger charge is 2.35. The number of carbonyl (C=O) groups is 3. The Bertz CT molecular complexity index is 720. The lowest BCUT2D eigenvalue weighted by Gasteiger charge is -2.22. The van der Waals surface area contributed by atoms with Crippen molar-refractivity contribution in [3.63, 3.8) is 0 Å². The van der Waals surface area contributed by atoms with Crippen molar-refractivity contribution in [3.05, 3.63) is 23.8 Å². The lowest BCUT2D eigenvalue weighted by Crippen LogP contribution is -2.37. The van der Waals surface area contributed by atoms with E-state index in [9.17, 15) is 14.4 Å². The number of anilines is 2. The van der Waals surface area contributed by atoms with Crippen molar-refractivity contribution in [1.82, 2.24) is 5.32 Å². The van der Waals surface area contributed by atoms with Gasteiger partial charge in [-0.15, -0.1) is 0 Å². The molecule has 1 aromatic carbocycles. The third-order valence-corrected chi connectivity index (χ3v) is 4.45. The number of rotatable bonds is 4. The molecule has 2 atom stereocenters. The number of benzene rings is 1. The smallest absolute Gasteiger partial charge is 0.414 e. The number of amides is 3. The van der Waals surface area contributed by atoms with Crippen LogP contribution in [0.15, 0.2) is 18.2 Å². The molecule has 1 aromatic rings. The monoisotopic (exact) mass is 347 g/mol. The van der Waals surface area contributed by atoms with Crippen molar-refractivity contribution in [2.24, 2.45) is 0 Å². The Kier molecular flexibility index (Phi) is 4.63. The third kappa shape index (κ3) is 3.30. The number of nitrogens with zero attached hydrogens (tertiary/aromatic N) is 2. The molecule has 3 amide bonds. The van der Waals surface area contributed by atoms with Gasteiger partial charge in [-0.25, -0.2) is 4.79 Å². The van der Waals surface area contributed by atoms with E-state index >= 15 is 0 Å². The van der Waals surface area contributed by atoms with Gasteiger partial charge in [-0.3, -0.25) is 14.5 Å². The average Bonchev–Trinajstić information content (AvgIpc) is 3.10. The van der Waals surface area contributed by atoms with E-state index in [1.807, 2.05) is 13.0 Å². The van der Waals surface area contributed by atoms with Crippen molar-refractivity contribution < 1.29 is 24.2 Å². The number of fused-ring (bicyclic) bond motifs is 1. The summed E-state index contributed by atoms with van der Waals surface area (Å²) < 4.78 is 5.27. The Balaban J connectivity index is 1.77. The zero-order valence-corrected chi connectivity index (χ0v) is 14.2. The minimum Gasteiger partial charge on any atom is -0.442 e. The second kappa shape index (κ2) is 6.72. The van der Waals surface area contributed by atoms with Gasteiger partial charge >= 0.3 is 6.09 Å². The molecule has 1 saturated heterocycles. The fourth-order valence-electron chi connectivity index (χ4n) is 3.34. The summed E-state index contributed by atoms with van der Waals surface area (Å²) >= 11 is 0. The van der Waals surface area contributed by atoms with Gasteiger partial charge in [0, 0.05) is 24.3 Å². The Morgan fingerprint density at radius 2 is 2.16 bits per heavy atom. The molecule has 2 N–H and O–H groups in total. The number of ether oxygens (including phenoxy) is 1. The number of nitrogens with one attached hydrogen (secondary N) is 1. The quantitative estimate of drug-likeness (QED) is 0.822. The molecule has 134 valence electrons. The second-order valence-electron chi connectivity index (χ2n) is 6.34. The number of hydrogen-bond acceptors (Lipinski definition) is 5. The number of aliphatic hydroxyl groups excluding tert-OH is 1. The molecule has 2 aliphatic rings. The Morgan fingerprint density at radius 3 is 2.84 bits per heavy atom. The molecule has 3 rings (SSSR count). The maximum atomic E-state index is 12.1. The summed E-state index contributed by atoms with van der Waals surface area (Å²) in [7, 11) is 0. The van der Waals surface area contributed by atoms with Crippen LogP contribution in [0.3, 0.4) is 0 Å². The fourth-order valence-corrected chi connectivity index (χ4v) is 3.34. The molecule has 0 bridgehead atoms. The van der Waals surface area contributed by atoms with Crippen molar-refractivity contribution in [2.75, 3.05) is 29.5 Å². The molecule has 0 aromatic heterocycles. The molecule has 0 radical (unpaired) electrons. The summed E-state index contributed by atoms with van der Waals surface area (Å²) in [5.74, 6) is -0.510. The number of aliphatic hydroxyl groups is 1. The zero-order valence-electron chi connectivity index (χ0n) is 14.2. The summed E-state index contributed by atoms with van der Waals surface area (Å²) in [5.41, 5.74) is 2.40. The van der Waals surface area contributed by atoms with Gasteiger partial charge in [0.15, 0.2) is 0 Å². The first-order chi connectivity index (χ1) is 11.9. The normalized spacial score (nSPS) is 22.0. The lowest BCUT2D eigenvalue weighted by molar-refractivity contribution is -0.121. The zero-order chi connectivity index (χ0) is 18.1. The first kappa shape index (κ1) is 17.2. The van der Waals surface area contributed by atoms with Gasteiger partial charge < -0.3 is 20.1 Å². The van der Waals surface area contributed by atoms with E-state index in [1.54, 1.807) is 17.0 Å². The molecular weight excluding hydrogens is 326 g/mol. The minimum atomic E-state index is -0.533. The molecule has 0 aliphatic carbocycles. The van der Waals surface area contributed by atoms with Gasteiger partial charge in [-0.1, -0.05) is 0 Å². The van der Waals surface area contributed by atoms with Crippen LogP contribution < -0.4 is 15.1 Å². The van der Waals surface area contributed by atoms with Gasteiger partial charge in [0.25, 0.3) is 5.91 Å². The van der Waals surface area contributed by atoms with Crippen LogP contribution in [0.4, 0.5) is 16.2 Å². The standard InChI is InChI=1S/C17H21N3O5/c1-10-5-12-6-13(3-4-15(12)20(10)16(23)9-21)19-8-14(25-17(19)24)7-18-11(2)22/h3-4,6,10,14,21H,5,7-9H2,1-2H3,(H,18,22)/t10?,14-/m0/s1. The Labute approximate surface area is 145 Å². The summed E-state index contributed by atoms with van der Waals surface area (Å²) in [6, 6.07) is 5.38. The first-order valence-electron chi connectivity index (χ1n) is 8.19. The summed E-state index contributed by atoms with van der Waals surface area (Å²) in [4.78, 5) is 38.1. The highest BCUT2D eigenvalue weighted by atomic mass is 16.6. The molecule has 25 heavy (non-hydrogen) atoms. The number of carbonyl (C=O) groups excluding carboxylic acids is 3. The molecule has 2 aliphatic heterocycles. The first-order valence-corrected chi connectivity index (χ1v) is 8.19. The topological polar surface area (TPSA) is 99.2 Å². The molecule has 0 saturated carbocycles. The van der Waals surface area contributed by atoms with Gasteiger partial charge in [0.05, 0.1) is 13.1 Å². The van der Waals surface area contributed by atoms with Gasteiger partial charge in [-0.2, -0.15) is 0 Å². The van der Waals surface area contributed by atoms with Crippen LogP contribution in [-0.4, -0.2) is 54.9 Å². The van der Waals surface area contributed by atoms with Crippen molar-refractivity contribution in [2.45, 2.75) is 32.4 Å². The van der Waals surface area contributed by atoms with Gasteiger partial charge in [0.2, 0.25) is 5.91 Å². The molecule has 8 nitrogen and oxygen atoms in total. The van der Waals surface area contributed by atoms with E-state index in [0.29, 0.717) is 18.7 Å². The summed E-state index contributed by atoms with van der Waals surface area (Å²) in [5, 5.41) is 11.8. The molecule has 0 spiro atoms. The highest BCUT2D eigenvalue weighted by molar-refractivity contribution is 5.98. The average molecular weight is 347 g/mol. The van der Waals surface area contributed by atoms with E-state index in [0.717, 1.165) is 11.3 Å². The molecular formula is C17H21N3O5.